The molecule has 0 saturated carbocycles. The van der Waals surface area contributed by atoms with Crippen molar-refractivity contribution in [3.63, 3.8) is 0 Å². The maximum atomic E-state index is 6.61. The molecule has 2 heteroatoms. The lowest BCUT2D eigenvalue weighted by molar-refractivity contribution is 0.669. The SMILES string of the molecule is c1ccc2c(-c3c4cccc(-c5cccc6oc7ccc8ccccc8c7c56)c4cc4c(-c5cccc6oc7ccc8ccccc8c7c56)cccc34)cccc2c1. The molecule has 0 aliphatic carbocycles. The van der Waals surface area contributed by atoms with Crippen LogP contribution in [0.4, 0.5) is 0 Å². The average Bonchev–Trinajstić information content (AvgIpc) is 3.87. The minimum Gasteiger partial charge on any atom is -0.456 e. The van der Waals surface area contributed by atoms with E-state index in [0.717, 1.165) is 55.0 Å². The second kappa shape index (κ2) is 11.9. The molecule has 13 aromatic rings. The van der Waals surface area contributed by atoms with Crippen molar-refractivity contribution in [1.29, 1.82) is 0 Å². The van der Waals surface area contributed by atoms with Crippen molar-refractivity contribution in [3.8, 4) is 33.4 Å². The van der Waals surface area contributed by atoms with Gasteiger partial charge in [0.15, 0.2) is 0 Å². The third kappa shape index (κ3) is 4.37. The van der Waals surface area contributed by atoms with Crippen molar-refractivity contribution in [2.75, 3.05) is 0 Å². The van der Waals surface area contributed by atoms with Gasteiger partial charge in [0.05, 0.1) is 0 Å². The van der Waals surface area contributed by atoms with Gasteiger partial charge in [0.25, 0.3) is 0 Å². The monoisotopic (exact) mass is 736 g/mol. The molecule has 2 nitrogen and oxygen atoms in total. The van der Waals surface area contributed by atoms with Crippen LogP contribution in [0.3, 0.4) is 0 Å². The standard InChI is InChI=1S/C56H32O2/c1-4-16-36-33(12-1)15-7-21-41(36)52-44-22-8-19-39(42-24-10-26-48-55(42)53-37-17-5-2-13-34(37)28-30-50(53)57-48)46(44)32-47-40(20-9-23-45(47)52)43-25-11-27-49-56(43)54-38-18-6-3-14-35(38)29-31-51(54)58-49/h1-32H. The number of benzene rings is 11. The first-order valence-corrected chi connectivity index (χ1v) is 19.9. The first-order chi connectivity index (χ1) is 28.8. The van der Waals surface area contributed by atoms with E-state index < -0.39 is 0 Å². The predicted octanol–water partition coefficient (Wildman–Crippen LogP) is 16.3. The molecule has 58 heavy (non-hydrogen) atoms. The van der Waals surface area contributed by atoms with Crippen molar-refractivity contribution < 1.29 is 8.83 Å². The lowest BCUT2D eigenvalue weighted by Gasteiger charge is -2.19. The highest BCUT2D eigenvalue weighted by Crippen LogP contribution is 2.49. The molecule has 0 N–H and O–H groups in total. The molecular formula is C56H32O2. The van der Waals surface area contributed by atoms with E-state index in [1.54, 1.807) is 0 Å². The minimum atomic E-state index is 0.891. The van der Waals surface area contributed by atoms with E-state index in [-0.39, 0.29) is 0 Å². The zero-order chi connectivity index (χ0) is 37.9. The third-order valence-corrected chi connectivity index (χ3v) is 12.5. The summed E-state index contributed by atoms with van der Waals surface area (Å²) in [6.07, 6.45) is 0. The van der Waals surface area contributed by atoms with Gasteiger partial charge in [-0.2, -0.15) is 0 Å². The predicted molar refractivity (Wildman–Crippen MR) is 245 cm³/mol. The second-order valence-corrected chi connectivity index (χ2v) is 15.5. The fourth-order valence-electron chi connectivity index (χ4n) is 9.99. The Hall–Kier alpha value is -7.68. The summed E-state index contributed by atoms with van der Waals surface area (Å²) in [6, 6.07) is 70.4. The van der Waals surface area contributed by atoms with Gasteiger partial charge in [0, 0.05) is 21.5 Å². The molecular weight excluding hydrogens is 705 g/mol. The Morgan fingerprint density at radius 1 is 0.224 bits per heavy atom. The molecule has 0 aliphatic heterocycles. The molecule has 0 aliphatic rings. The van der Waals surface area contributed by atoms with Crippen molar-refractivity contribution in [1.82, 2.24) is 0 Å². The summed E-state index contributed by atoms with van der Waals surface area (Å²) in [5.41, 5.74) is 10.7. The number of furan rings is 2. The molecule has 11 aromatic carbocycles. The fourth-order valence-corrected chi connectivity index (χ4v) is 9.99. The Morgan fingerprint density at radius 3 is 1.16 bits per heavy atom. The molecule has 0 bridgehead atoms. The van der Waals surface area contributed by atoms with Crippen molar-refractivity contribution in [2.24, 2.45) is 0 Å². The van der Waals surface area contributed by atoms with Crippen LogP contribution in [0, 0.1) is 0 Å². The van der Waals surface area contributed by atoms with E-state index in [1.807, 2.05) is 0 Å². The molecule has 268 valence electrons. The third-order valence-electron chi connectivity index (χ3n) is 12.5. The van der Waals surface area contributed by atoms with Gasteiger partial charge in [-0.15, -0.1) is 0 Å². The van der Waals surface area contributed by atoms with E-state index in [9.17, 15) is 0 Å². The summed E-state index contributed by atoms with van der Waals surface area (Å²) in [4.78, 5) is 0. The lowest BCUT2D eigenvalue weighted by atomic mass is 9.84. The summed E-state index contributed by atoms with van der Waals surface area (Å²) in [5.74, 6) is 0. The molecule has 2 heterocycles. The summed E-state index contributed by atoms with van der Waals surface area (Å²) in [7, 11) is 0. The number of rotatable bonds is 3. The minimum absolute atomic E-state index is 0.891. The molecule has 0 spiro atoms. The number of fused-ring (bicyclic) bond motifs is 13. The summed E-state index contributed by atoms with van der Waals surface area (Å²) in [6.45, 7) is 0. The zero-order valence-corrected chi connectivity index (χ0v) is 31.3. The maximum absolute atomic E-state index is 6.61. The van der Waals surface area contributed by atoms with Gasteiger partial charge in [-0.3, -0.25) is 0 Å². The largest absolute Gasteiger partial charge is 0.456 e. The highest BCUT2D eigenvalue weighted by molar-refractivity contribution is 6.28. The van der Waals surface area contributed by atoms with Gasteiger partial charge >= 0.3 is 0 Å². The van der Waals surface area contributed by atoms with E-state index >= 15 is 0 Å². The van der Waals surface area contributed by atoms with Crippen molar-refractivity contribution in [2.45, 2.75) is 0 Å². The summed E-state index contributed by atoms with van der Waals surface area (Å²) < 4.78 is 13.2. The van der Waals surface area contributed by atoms with Crippen LogP contribution in [-0.2, 0) is 0 Å². The highest BCUT2D eigenvalue weighted by atomic mass is 16.3. The number of hydrogen-bond donors (Lipinski definition) is 0. The average molecular weight is 737 g/mol. The van der Waals surface area contributed by atoms with E-state index in [4.69, 9.17) is 8.83 Å². The van der Waals surface area contributed by atoms with Gasteiger partial charge in [-0.25, -0.2) is 0 Å². The Morgan fingerprint density at radius 2 is 0.603 bits per heavy atom. The normalized spacial score (nSPS) is 12.1. The van der Waals surface area contributed by atoms with Crippen LogP contribution in [0.2, 0.25) is 0 Å². The molecule has 13 rings (SSSR count). The molecule has 0 radical (unpaired) electrons. The van der Waals surface area contributed by atoms with Crippen LogP contribution >= 0.6 is 0 Å². The molecule has 0 fully saturated rings. The van der Waals surface area contributed by atoms with Crippen LogP contribution in [0.5, 0.6) is 0 Å². The number of hydrogen-bond acceptors (Lipinski definition) is 2. The second-order valence-electron chi connectivity index (χ2n) is 15.5. The topological polar surface area (TPSA) is 26.3 Å². The zero-order valence-electron chi connectivity index (χ0n) is 31.3. The molecule has 0 unspecified atom stereocenters. The van der Waals surface area contributed by atoms with Crippen LogP contribution in [0.15, 0.2) is 203 Å². The fraction of sp³-hybridized carbons (Fsp3) is 0. The van der Waals surface area contributed by atoms with Crippen LogP contribution in [0.25, 0.3) is 131 Å². The Balaban J connectivity index is 1.20. The van der Waals surface area contributed by atoms with Crippen LogP contribution < -0.4 is 0 Å². The first-order valence-electron chi connectivity index (χ1n) is 19.9. The Bertz CT molecular complexity index is 3640. The summed E-state index contributed by atoms with van der Waals surface area (Å²) in [5, 5.41) is 16.7. The van der Waals surface area contributed by atoms with Gasteiger partial charge < -0.3 is 8.83 Å². The smallest absolute Gasteiger partial charge is 0.136 e. The quantitative estimate of drug-likeness (QED) is 0.169. The molecule has 2 aromatic heterocycles. The molecule has 0 atom stereocenters. The van der Waals surface area contributed by atoms with Crippen molar-refractivity contribution in [3.05, 3.63) is 194 Å². The van der Waals surface area contributed by atoms with Crippen molar-refractivity contribution >= 4 is 97.7 Å². The van der Waals surface area contributed by atoms with Gasteiger partial charge in [0.2, 0.25) is 0 Å². The van der Waals surface area contributed by atoms with Gasteiger partial charge in [-0.05, 0) is 118 Å². The highest BCUT2D eigenvalue weighted by Gasteiger charge is 2.22. The first kappa shape index (κ1) is 31.5. The van der Waals surface area contributed by atoms with E-state index in [1.165, 1.54) is 76.1 Å². The van der Waals surface area contributed by atoms with Crippen LogP contribution in [0.1, 0.15) is 0 Å². The lowest BCUT2D eigenvalue weighted by Crippen LogP contribution is -1.92. The Labute approximate surface area is 332 Å². The molecule has 0 amide bonds. The molecule has 0 saturated heterocycles. The van der Waals surface area contributed by atoms with Gasteiger partial charge in [-0.1, -0.05) is 164 Å². The summed E-state index contributed by atoms with van der Waals surface area (Å²) >= 11 is 0. The van der Waals surface area contributed by atoms with Gasteiger partial charge in [0.1, 0.15) is 22.3 Å². The maximum Gasteiger partial charge on any atom is 0.136 e. The van der Waals surface area contributed by atoms with E-state index in [2.05, 4.69) is 194 Å². The van der Waals surface area contributed by atoms with E-state index in [0.29, 0.717) is 0 Å². The van der Waals surface area contributed by atoms with Crippen LogP contribution in [-0.4, -0.2) is 0 Å². The Kier molecular flexibility index (Phi) is 6.47.